The van der Waals surface area contributed by atoms with Gasteiger partial charge in [-0.1, -0.05) is 48.5 Å². The number of rotatable bonds is 4. The van der Waals surface area contributed by atoms with Gasteiger partial charge in [-0.05, 0) is 30.5 Å². The highest BCUT2D eigenvalue weighted by Crippen LogP contribution is 2.22. The van der Waals surface area contributed by atoms with Crippen molar-refractivity contribution in [2.24, 2.45) is 0 Å². The van der Waals surface area contributed by atoms with Gasteiger partial charge >= 0.3 is 11.9 Å². The van der Waals surface area contributed by atoms with Crippen molar-refractivity contribution in [2.45, 2.75) is 31.8 Å². The highest BCUT2D eigenvalue weighted by molar-refractivity contribution is 5.99. The van der Waals surface area contributed by atoms with Crippen LogP contribution in [0.5, 0.6) is 0 Å². The van der Waals surface area contributed by atoms with E-state index in [1.165, 1.54) is 4.90 Å². The molecule has 0 N–H and O–H groups in total. The number of nitrogens with zero attached hydrogens (tertiary/aromatic N) is 1. The summed E-state index contributed by atoms with van der Waals surface area (Å²) in [5.41, 5.74) is 1.25. The van der Waals surface area contributed by atoms with E-state index in [-0.39, 0.29) is 5.91 Å². The van der Waals surface area contributed by atoms with Gasteiger partial charge in [-0.25, -0.2) is 9.59 Å². The minimum Gasteiger partial charge on any atom is -0.388 e. The molecule has 0 radical (unpaired) electrons. The zero-order valence-electron chi connectivity index (χ0n) is 13.8. The van der Waals surface area contributed by atoms with E-state index in [1.54, 1.807) is 30.3 Å². The smallest absolute Gasteiger partial charge is 0.345 e. The molecule has 0 saturated carbocycles. The molecule has 1 fully saturated rings. The number of esters is 2. The number of piperidine rings is 1. The lowest BCUT2D eigenvalue weighted by atomic mass is 10.0. The molecule has 5 heteroatoms. The Kier molecular flexibility index (Phi) is 5.23. The summed E-state index contributed by atoms with van der Waals surface area (Å²) >= 11 is 0. The van der Waals surface area contributed by atoms with Gasteiger partial charge in [-0.3, -0.25) is 4.79 Å². The molecule has 1 saturated heterocycles. The molecule has 2 aromatic carbocycles. The van der Waals surface area contributed by atoms with Gasteiger partial charge in [-0.15, -0.1) is 0 Å². The average Bonchev–Trinajstić information content (AvgIpc) is 2.65. The second-order valence-corrected chi connectivity index (χ2v) is 5.99. The van der Waals surface area contributed by atoms with Crippen LogP contribution in [-0.4, -0.2) is 28.8 Å². The summed E-state index contributed by atoms with van der Waals surface area (Å²) in [5, 5.41) is 0. The van der Waals surface area contributed by atoms with Crippen LogP contribution in [-0.2, 0) is 20.9 Å². The van der Waals surface area contributed by atoms with Crippen molar-refractivity contribution in [3.8, 4) is 0 Å². The van der Waals surface area contributed by atoms with Crippen LogP contribution in [0, 0.1) is 0 Å². The third kappa shape index (κ3) is 4.12. The van der Waals surface area contributed by atoms with E-state index < -0.39 is 18.0 Å². The first-order valence-corrected chi connectivity index (χ1v) is 8.29. The fourth-order valence-corrected chi connectivity index (χ4v) is 2.94. The van der Waals surface area contributed by atoms with Crippen LogP contribution in [0.15, 0.2) is 60.7 Å². The van der Waals surface area contributed by atoms with E-state index in [4.69, 9.17) is 4.74 Å². The first-order chi connectivity index (χ1) is 12.1. The maximum atomic E-state index is 12.5. The predicted octanol–water partition coefficient (Wildman–Crippen LogP) is 2.95. The molecule has 2 aromatic rings. The number of amides is 1. The van der Waals surface area contributed by atoms with Crippen LogP contribution in [0.4, 0.5) is 0 Å². The molecule has 1 amide bonds. The standard InChI is InChI=1S/C20H19NO4/c22-18-13-7-12-17(21(18)14-15-8-3-1-4-9-15)20(24)25-19(23)16-10-5-2-6-11-16/h1-6,8-11,17H,7,12-14H2. The molecule has 0 aromatic heterocycles. The van der Waals surface area contributed by atoms with Crippen molar-refractivity contribution in [2.75, 3.05) is 0 Å². The Balaban J connectivity index is 1.72. The Morgan fingerprint density at radius 1 is 1.00 bits per heavy atom. The first-order valence-electron chi connectivity index (χ1n) is 8.29. The quantitative estimate of drug-likeness (QED) is 0.636. The van der Waals surface area contributed by atoms with Gasteiger partial charge in [0, 0.05) is 13.0 Å². The van der Waals surface area contributed by atoms with Crippen molar-refractivity contribution >= 4 is 17.8 Å². The summed E-state index contributed by atoms with van der Waals surface area (Å²) < 4.78 is 5.02. The van der Waals surface area contributed by atoms with Crippen molar-refractivity contribution in [1.29, 1.82) is 0 Å². The molecule has 0 bridgehead atoms. The average molecular weight is 337 g/mol. The van der Waals surface area contributed by atoms with Crippen LogP contribution in [0.3, 0.4) is 0 Å². The topological polar surface area (TPSA) is 63.7 Å². The largest absolute Gasteiger partial charge is 0.388 e. The molecule has 128 valence electrons. The molecule has 1 unspecified atom stereocenters. The summed E-state index contributed by atoms with van der Waals surface area (Å²) in [6.45, 7) is 0.332. The number of hydrogen-bond donors (Lipinski definition) is 0. The molecular formula is C20H19NO4. The van der Waals surface area contributed by atoms with Gasteiger partial charge in [-0.2, -0.15) is 0 Å². The zero-order chi connectivity index (χ0) is 17.6. The van der Waals surface area contributed by atoms with E-state index in [9.17, 15) is 14.4 Å². The minimum atomic E-state index is -0.728. The van der Waals surface area contributed by atoms with Crippen LogP contribution in [0.2, 0.25) is 0 Å². The van der Waals surface area contributed by atoms with E-state index in [2.05, 4.69) is 0 Å². The fraction of sp³-hybridized carbons (Fsp3) is 0.250. The van der Waals surface area contributed by atoms with Crippen LogP contribution in [0.25, 0.3) is 0 Å². The number of hydrogen-bond acceptors (Lipinski definition) is 4. The normalized spacial score (nSPS) is 17.2. The second-order valence-electron chi connectivity index (χ2n) is 5.99. The molecule has 1 atom stereocenters. The molecule has 3 rings (SSSR count). The van der Waals surface area contributed by atoms with Gasteiger partial charge in [0.2, 0.25) is 5.91 Å². The highest BCUT2D eigenvalue weighted by atomic mass is 16.6. The van der Waals surface area contributed by atoms with E-state index in [1.807, 2.05) is 30.3 Å². The van der Waals surface area contributed by atoms with Crippen molar-refractivity contribution in [3.63, 3.8) is 0 Å². The number of carbonyl (C=O) groups is 3. The van der Waals surface area contributed by atoms with Gasteiger partial charge < -0.3 is 9.64 Å². The number of ether oxygens (including phenoxy) is 1. The lowest BCUT2D eigenvalue weighted by molar-refractivity contribution is -0.154. The van der Waals surface area contributed by atoms with E-state index in [0.717, 1.165) is 5.56 Å². The molecule has 1 aliphatic rings. The SMILES string of the molecule is O=C(OC(=O)C1CCCC(=O)N1Cc1ccccc1)c1ccccc1. The van der Waals surface area contributed by atoms with Crippen LogP contribution < -0.4 is 0 Å². The molecular weight excluding hydrogens is 318 g/mol. The Bertz CT molecular complexity index is 758. The van der Waals surface area contributed by atoms with E-state index in [0.29, 0.717) is 31.4 Å². The Labute approximate surface area is 146 Å². The first kappa shape index (κ1) is 16.9. The summed E-state index contributed by atoms with van der Waals surface area (Å²) in [5.74, 6) is -1.45. The van der Waals surface area contributed by atoms with E-state index >= 15 is 0 Å². The lowest BCUT2D eigenvalue weighted by Crippen LogP contribution is -2.48. The monoisotopic (exact) mass is 337 g/mol. The summed E-state index contributed by atoms with van der Waals surface area (Å²) in [4.78, 5) is 38.4. The minimum absolute atomic E-state index is 0.0933. The molecule has 5 nitrogen and oxygen atoms in total. The Morgan fingerprint density at radius 3 is 2.32 bits per heavy atom. The third-order valence-electron chi connectivity index (χ3n) is 4.24. The van der Waals surface area contributed by atoms with Crippen LogP contribution in [0.1, 0.15) is 35.2 Å². The van der Waals surface area contributed by atoms with Gasteiger partial charge in [0.05, 0.1) is 5.56 Å². The maximum absolute atomic E-state index is 12.5. The maximum Gasteiger partial charge on any atom is 0.345 e. The summed E-state index contributed by atoms with van der Waals surface area (Å²) in [6.07, 6.45) is 1.52. The van der Waals surface area contributed by atoms with Crippen molar-refractivity contribution in [1.82, 2.24) is 4.90 Å². The second kappa shape index (κ2) is 7.75. The Hall–Kier alpha value is -2.95. The van der Waals surface area contributed by atoms with Crippen LogP contribution >= 0.6 is 0 Å². The predicted molar refractivity (Wildman–Crippen MR) is 91.5 cm³/mol. The Morgan fingerprint density at radius 2 is 1.64 bits per heavy atom. The molecule has 0 aliphatic carbocycles. The number of carbonyl (C=O) groups excluding carboxylic acids is 3. The van der Waals surface area contributed by atoms with Gasteiger partial charge in [0.25, 0.3) is 0 Å². The number of likely N-dealkylation sites (tertiary alicyclic amines) is 1. The molecule has 25 heavy (non-hydrogen) atoms. The molecule has 1 heterocycles. The van der Waals surface area contributed by atoms with Gasteiger partial charge in [0.15, 0.2) is 0 Å². The van der Waals surface area contributed by atoms with Crippen molar-refractivity contribution < 1.29 is 19.1 Å². The fourth-order valence-electron chi connectivity index (χ4n) is 2.94. The number of benzene rings is 2. The lowest BCUT2D eigenvalue weighted by Gasteiger charge is -2.33. The molecule has 1 aliphatic heterocycles. The third-order valence-corrected chi connectivity index (χ3v) is 4.24. The zero-order valence-corrected chi connectivity index (χ0v) is 13.8. The molecule has 0 spiro atoms. The van der Waals surface area contributed by atoms with Crippen molar-refractivity contribution in [3.05, 3.63) is 71.8 Å². The summed E-state index contributed by atoms with van der Waals surface area (Å²) in [6, 6.07) is 17.1. The summed E-state index contributed by atoms with van der Waals surface area (Å²) in [7, 11) is 0. The highest BCUT2D eigenvalue weighted by Gasteiger charge is 2.35. The van der Waals surface area contributed by atoms with Gasteiger partial charge in [0.1, 0.15) is 6.04 Å².